The number of halogens is 4. The van der Waals surface area contributed by atoms with Crippen LogP contribution in [0.3, 0.4) is 0 Å². The van der Waals surface area contributed by atoms with Gasteiger partial charge in [-0.3, -0.25) is 0 Å². The van der Waals surface area contributed by atoms with Gasteiger partial charge in [0.15, 0.2) is 0 Å². The van der Waals surface area contributed by atoms with Gasteiger partial charge in [0.05, 0.1) is 6.42 Å². The van der Waals surface area contributed by atoms with Crippen molar-refractivity contribution in [1.82, 2.24) is 4.90 Å². The third-order valence-corrected chi connectivity index (χ3v) is 2.70. The Labute approximate surface area is 110 Å². The van der Waals surface area contributed by atoms with Crippen molar-refractivity contribution in [2.45, 2.75) is 12.6 Å². The van der Waals surface area contributed by atoms with Gasteiger partial charge in [0.2, 0.25) is 0 Å². The standard InChI is InChI=1S/C12H16ClF3N2/c1-18(8-6-12(14,15)16)9-7-17-11-4-2-10(13)3-5-11/h2-5,17H,6-9H2,1H3. The second-order valence-electron chi connectivity index (χ2n) is 4.10. The Hall–Kier alpha value is -0.940. The average molecular weight is 281 g/mol. The third kappa shape index (κ3) is 6.71. The van der Waals surface area contributed by atoms with E-state index in [0.29, 0.717) is 18.1 Å². The second-order valence-corrected chi connectivity index (χ2v) is 4.54. The SMILES string of the molecule is CN(CCNc1ccc(Cl)cc1)CCC(F)(F)F. The average Bonchev–Trinajstić information content (AvgIpc) is 2.28. The summed E-state index contributed by atoms with van der Waals surface area (Å²) in [5, 5.41) is 3.77. The van der Waals surface area contributed by atoms with Crippen LogP contribution in [-0.4, -0.2) is 37.8 Å². The van der Waals surface area contributed by atoms with E-state index >= 15 is 0 Å². The monoisotopic (exact) mass is 280 g/mol. The number of nitrogens with zero attached hydrogens (tertiary/aromatic N) is 1. The molecule has 0 aliphatic heterocycles. The van der Waals surface area contributed by atoms with Crippen molar-refractivity contribution in [3.63, 3.8) is 0 Å². The minimum absolute atomic E-state index is 0.0196. The Balaban J connectivity index is 2.19. The fraction of sp³-hybridized carbons (Fsp3) is 0.500. The summed E-state index contributed by atoms with van der Waals surface area (Å²) in [7, 11) is 1.68. The first-order valence-corrected chi connectivity index (χ1v) is 5.99. The zero-order valence-corrected chi connectivity index (χ0v) is 10.9. The van der Waals surface area contributed by atoms with E-state index in [9.17, 15) is 13.2 Å². The predicted molar refractivity (Wildman–Crippen MR) is 68.1 cm³/mol. The Kier molecular flexibility index (Phi) is 5.75. The molecule has 0 heterocycles. The summed E-state index contributed by atoms with van der Waals surface area (Å²) in [6.45, 7) is 1.17. The van der Waals surface area contributed by atoms with Crippen LogP contribution in [-0.2, 0) is 0 Å². The van der Waals surface area contributed by atoms with Gasteiger partial charge in [-0.05, 0) is 31.3 Å². The molecule has 0 saturated heterocycles. The second kappa shape index (κ2) is 6.85. The molecule has 0 aliphatic carbocycles. The van der Waals surface area contributed by atoms with Crippen LogP contribution in [0.1, 0.15) is 6.42 Å². The smallest absolute Gasteiger partial charge is 0.384 e. The van der Waals surface area contributed by atoms with E-state index in [1.165, 1.54) is 0 Å². The molecule has 0 fully saturated rings. The van der Waals surface area contributed by atoms with E-state index < -0.39 is 12.6 Å². The molecule has 1 rings (SSSR count). The maximum absolute atomic E-state index is 12.0. The van der Waals surface area contributed by atoms with Crippen molar-refractivity contribution in [2.24, 2.45) is 0 Å². The van der Waals surface area contributed by atoms with Crippen molar-refractivity contribution in [2.75, 3.05) is 32.0 Å². The summed E-state index contributed by atoms with van der Waals surface area (Å²) in [5.74, 6) is 0. The van der Waals surface area contributed by atoms with E-state index in [0.717, 1.165) is 5.69 Å². The lowest BCUT2D eigenvalue weighted by molar-refractivity contribution is -0.137. The number of rotatable bonds is 6. The summed E-state index contributed by atoms with van der Waals surface area (Å²) in [6.07, 6.45) is -4.86. The van der Waals surface area contributed by atoms with E-state index in [4.69, 9.17) is 11.6 Å². The highest BCUT2D eigenvalue weighted by Crippen LogP contribution is 2.19. The quantitative estimate of drug-likeness (QED) is 0.856. The summed E-state index contributed by atoms with van der Waals surface area (Å²) >= 11 is 5.74. The first kappa shape index (κ1) is 15.1. The highest BCUT2D eigenvalue weighted by Gasteiger charge is 2.26. The topological polar surface area (TPSA) is 15.3 Å². The normalized spacial score (nSPS) is 11.9. The van der Waals surface area contributed by atoms with Gasteiger partial charge in [-0.1, -0.05) is 11.6 Å². The number of hydrogen-bond donors (Lipinski definition) is 1. The van der Waals surface area contributed by atoms with Gasteiger partial charge in [0.1, 0.15) is 0 Å². The molecule has 1 aromatic carbocycles. The minimum atomic E-state index is -4.09. The Morgan fingerprint density at radius 2 is 1.78 bits per heavy atom. The van der Waals surface area contributed by atoms with E-state index in [1.807, 2.05) is 12.1 Å². The van der Waals surface area contributed by atoms with Crippen LogP contribution >= 0.6 is 11.6 Å². The fourth-order valence-corrected chi connectivity index (χ4v) is 1.51. The molecule has 0 aliphatic rings. The van der Waals surface area contributed by atoms with E-state index in [-0.39, 0.29) is 6.54 Å². The first-order chi connectivity index (χ1) is 8.37. The molecule has 0 unspecified atom stereocenters. The first-order valence-electron chi connectivity index (χ1n) is 5.61. The summed E-state index contributed by atoms with van der Waals surface area (Å²) in [6, 6.07) is 7.19. The van der Waals surface area contributed by atoms with Gasteiger partial charge in [-0.15, -0.1) is 0 Å². The van der Waals surface area contributed by atoms with Crippen LogP contribution in [0.25, 0.3) is 0 Å². The zero-order valence-electron chi connectivity index (χ0n) is 10.1. The van der Waals surface area contributed by atoms with E-state index in [1.54, 1.807) is 24.1 Å². The fourth-order valence-electron chi connectivity index (χ4n) is 1.39. The molecule has 102 valence electrons. The minimum Gasteiger partial charge on any atom is -0.384 e. The van der Waals surface area contributed by atoms with Crippen molar-refractivity contribution in [3.8, 4) is 0 Å². The van der Waals surface area contributed by atoms with Crippen LogP contribution in [0.5, 0.6) is 0 Å². The van der Waals surface area contributed by atoms with Gasteiger partial charge in [-0.2, -0.15) is 13.2 Å². The van der Waals surface area contributed by atoms with E-state index in [2.05, 4.69) is 5.32 Å². The molecule has 0 bridgehead atoms. The number of hydrogen-bond acceptors (Lipinski definition) is 2. The molecular formula is C12H16ClF3N2. The highest BCUT2D eigenvalue weighted by molar-refractivity contribution is 6.30. The molecule has 0 atom stereocenters. The molecule has 1 aromatic rings. The summed E-state index contributed by atoms with van der Waals surface area (Å²) in [5.41, 5.74) is 0.906. The number of alkyl halides is 3. The van der Waals surface area contributed by atoms with Crippen molar-refractivity contribution in [3.05, 3.63) is 29.3 Å². The van der Waals surface area contributed by atoms with Gasteiger partial charge >= 0.3 is 6.18 Å². The Morgan fingerprint density at radius 3 is 2.33 bits per heavy atom. The van der Waals surface area contributed by atoms with Crippen LogP contribution in [0.4, 0.5) is 18.9 Å². The van der Waals surface area contributed by atoms with Gasteiger partial charge < -0.3 is 10.2 Å². The molecule has 0 spiro atoms. The molecule has 0 aromatic heterocycles. The van der Waals surface area contributed by atoms with Gasteiger partial charge in [-0.25, -0.2) is 0 Å². The van der Waals surface area contributed by atoms with Crippen LogP contribution in [0.15, 0.2) is 24.3 Å². The number of anilines is 1. The molecule has 2 nitrogen and oxygen atoms in total. The molecule has 1 N–H and O–H groups in total. The van der Waals surface area contributed by atoms with Crippen molar-refractivity contribution >= 4 is 17.3 Å². The largest absolute Gasteiger partial charge is 0.390 e. The summed E-state index contributed by atoms with van der Waals surface area (Å²) in [4.78, 5) is 1.65. The lowest BCUT2D eigenvalue weighted by Crippen LogP contribution is -2.29. The predicted octanol–water partition coefficient (Wildman–Crippen LogP) is 3.64. The summed E-state index contributed by atoms with van der Waals surface area (Å²) < 4.78 is 36.0. The maximum atomic E-state index is 12.0. The van der Waals surface area contributed by atoms with Crippen LogP contribution < -0.4 is 5.32 Å². The van der Waals surface area contributed by atoms with Crippen LogP contribution in [0, 0.1) is 0 Å². The van der Waals surface area contributed by atoms with Gasteiger partial charge in [0.25, 0.3) is 0 Å². The molecule has 0 radical (unpaired) electrons. The lowest BCUT2D eigenvalue weighted by atomic mass is 10.3. The van der Waals surface area contributed by atoms with Crippen molar-refractivity contribution in [1.29, 1.82) is 0 Å². The third-order valence-electron chi connectivity index (χ3n) is 2.44. The maximum Gasteiger partial charge on any atom is 0.390 e. The van der Waals surface area contributed by atoms with Crippen molar-refractivity contribution < 1.29 is 13.2 Å². The molecule has 18 heavy (non-hydrogen) atoms. The zero-order chi connectivity index (χ0) is 13.6. The van der Waals surface area contributed by atoms with Crippen LogP contribution in [0.2, 0.25) is 5.02 Å². The lowest BCUT2D eigenvalue weighted by Gasteiger charge is -2.18. The molecule has 0 amide bonds. The molecule has 0 saturated carbocycles. The number of nitrogens with one attached hydrogen (secondary N) is 1. The Morgan fingerprint density at radius 1 is 1.17 bits per heavy atom. The molecular weight excluding hydrogens is 265 g/mol. The van der Waals surface area contributed by atoms with Gasteiger partial charge in [0, 0.05) is 30.3 Å². The number of benzene rings is 1. The molecule has 6 heteroatoms. The number of likely N-dealkylation sites (N-methyl/N-ethyl adjacent to an activating group) is 1. The Bertz CT molecular complexity index is 351. The highest BCUT2D eigenvalue weighted by atomic mass is 35.5.